The third-order valence-electron chi connectivity index (χ3n) is 2.97. The average Bonchev–Trinajstić information content (AvgIpc) is 2.63. The number of amides is 1. The number of nitrogens with one attached hydrogen (secondary N) is 1. The van der Waals surface area contributed by atoms with Crippen molar-refractivity contribution >= 4 is 27.4 Å². The monoisotopic (exact) mass is 309 g/mol. The number of anilines is 2. The highest BCUT2D eigenvalue weighted by molar-refractivity contribution is 7.93. The van der Waals surface area contributed by atoms with E-state index in [9.17, 15) is 13.2 Å². The molecule has 21 heavy (non-hydrogen) atoms. The number of rotatable bonds is 4. The summed E-state index contributed by atoms with van der Waals surface area (Å²) in [4.78, 5) is 11.0. The molecule has 8 nitrogen and oxygen atoms in total. The van der Waals surface area contributed by atoms with Gasteiger partial charge in [-0.25, -0.2) is 8.42 Å². The second-order valence-electron chi connectivity index (χ2n) is 4.47. The number of carbonyl (C=O) groups is 1. The van der Waals surface area contributed by atoms with Crippen molar-refractivity contribution < 1.29 is 13.2 Å². The summed E-state index contributed by atoms with van der Waals surface area (Å²) in [6, 6.07) is 5.87. The van der Waals surface area contributed by atoms with Crippen molar-refractivity contribution in [2.45, 2.75) is 11.8 Å². The maximum absolute atomic E-state index is 12.4. The number of primary amides is 1. The molecular formula is C12H15N5O3S. The number of aromatic nitrogens is 2. The number of aryl methyl sites for hydroxylation is 1. The molecule has 0 radical (unpaired) electrons. The first kappa shape index (κ1) is 14.9. The van der Waals surface area contributed by atoms with Crippen LogP contribution in [0.1, 0.15) is 16.1 Å². The van der Waals surface area contributed by atoms with E-state index in [0.717, 1.165) is 0 Å². The molecule has 0 atom stereocenters. The molecule has 0 aliphatic rings. The fraction of sp³-hybridized carbons (Fsp3) is 0.167. The van der Waals surface area contributed by atoms with Crippen molar-refractivity contribution in [1.29, 1.82) is 0 Å². The lowest BCUT2D eigenvalue weighted by Gasteiger charge is -2.09. The van der Waals surface area contributed by atoms with Gasteiger partial charge in [-0.3, -0.25) is 14.2 Å². The van der Waals surface area contributed by atoms with Crippen molar-refractivity contribution in [2.24, 2.45) is 12.8 Å². The number of hydrogen-bond acceptors (Lipinski definition) is 5. The number of nitrogens with zero attached hydrogens (tertiary/aromatic N) is 2. The average molecular weight is 309 g/mol. The Morgan fingerprint density at radius 3 is 2.57 bits per heavy atom. The molecule has 0 unspecified atom stereocenters. The van der Waals surface area contributed by atoms with Crippen LogP contribution in [0.5, 0.6) is 0 Å². The minimum atomic E-state index is -3.91. The first-order valence-electron chi connectivity index (χ1n) is 5.94. The van der Waals surface area contributed by atoms with Gasteiger partial charge in [0.2, 0.25) is 5.91 Å². The lowest BCUT2D eigenvalue weighted by atomic mass is 10.2. The summed E-state index contributed by atoms with van der Waals surface area (Å²) >= 11 is 0. The van der Waals surface area contributed by atoms with E-state index in [1.54, 1.807) is 14.0 Å². The Morgan fingerprint density at radius 1 is 1.38 bits per heavy atom. The SMILES string of the molecule is Cc1c(S(=O)(=O)Nc2cccc(C(N)=O)c2)c(N)nn1C. The molecule has 0 bridgehead atoms. The molecule has 5 N–H and O–H groups in total. The van der Waals surface area contributed by atoms with Crippen LogP contribution in [0, 0.1) is 6.92 Å². The van der Waals surface area contributed by atoms with E-state index < -0.39 is 15.9 Å². The first-order valence-corrected chi connectivity index (χ1v) is 7.42. The summed E-state index contributed by atoms with van der Waals surface area (Å²) in [5.74, 6) is -0.735. The summed E-state index contributed by atoms with van der Waals surface area (Å²) in [6.45, 7) is 1.59. The number of carbonyl (C=O) groups excluding carboxylic acids is 1. The molecule has 0 spiro atoms. The highest BCUT2D eigenvalue weighted by Gasteiger charge is 2.24. The summed E-state index contributed by atoms with van der Waals surface area (Å²) in [6.07, 6.45) is 0. The molecule has 0 aliphatic heterocycles. The van der Waals surface area contributed by atoms with Crippen molar-refractivity contribution in [3.05, 3.63) is 35.5 Å². The van der Waals surface area contributed by atoms with Gasteiger partial charge in [0.05, 0.1) is 5.69 Å². The van der Waals surface area contributed by atoms with E-state index in [1.807, 2.05) is 0 Å². The second-order valence-corrected chi connectivity index (χ2v) is 6.09. The van der Waals surface area contributed by atoms with Gasteiger partial charge in [-0.1, -0.05) is 6.07 Å². The Kier molecular flexibility index (Phi) is 3.60. The summed E-state index contributed by atoms with van der Waals surface area (Å²) in [7, 11) is -2.31. The van der Waals surface area contributed by atoms with Gasteiger partial charge >= 0.3 is 0 Å². The van der Waals surface area contributed by atoms with E-state index in [4.69, 9.17) is 11.5 Å². The van der Waals surface area contributed by atoms with Crippen LogP contribution in [0.2, 0.25) is 0 Å². The van der Waals surface area contributed by atoms with Crippen molar-refractivity contribution in [3.63, 3.8) is 0 Å². The Bertz CT molecular complexity index is 810. The zero-order valence-electron chi connectivity index (χ0n) is 11.5. The van der Waals surface area contributed by atoms with Crippen molar-refractivity contribution in [2.75, 3.05) is 10.5 Å². The molecule has 0 saturated carbocycles. The molecule has 1 aromatic carbocycles. The number of sulfonamides is 1. The third-order valence-corrected chi connectivity index (χ3v) is 4.52. The summed E-state index contributed by atoms with van der Waals surface area (Å²) in [5, 5.41) is 3.87. The standard InChI is InChI=1S/C12H15N5O3S/c1-7-10(11(13)15-17(7)2)21(19,20)16-9-5-3-4-8(6-9)12(14)18/h3-6,16H,1-2H3,(H2,13,15)(H2,14,18). The quantitative estimate of drug-likeness (QED) is 0.742. The molecule has 0 aliphatic carbocycles. The van der Waals surface area contributed by atoms with Gasteiger partial charge in [0.15, 0.2) is 10.7 Å². The minimum Gasteiger partial charge on any atom is -0.381 e. The van der Waals surface area contributed by atoms with Crippen LogP contribution in [0.3, 0.4) is 0 Å². The molecule has 9 heteroatoms. The molecule has 1 amide bonds. The van der Waals surface area contributed by atoms with Gasteiger partial charge in [-0.15, -0.1) is 0 Å². The molecule has 112 valence electrons. The van der Waals surface area contributed by atoms with Gasteiger partial charge in [-0.05, 0) is 25.1 Å². The Hall–Kier alpha value is -2.55. The van der Waals surface area contributed by atoms with Gasteiger partial charge in [0.25, 0.3) is 10.0 Å². The van der Waals surface area contributed by atoms with Crippen LogP contribution in [0.25, 0.3) is 0 Å². The predicted octanol–water partition coefficient (Wildman–Crippen LogP) is 0.210. The van der Waals surface area contributed by atoms with Crippen LogP contribution in [0.4, 0.5) is 11.5 Å². The predicted molar refractivity (Wildman–Crippen MR) is 78.1 cm³/mol. The minimum absolute atomic E-state index is 0.0884. The molecule has 1 aromatic heterocycles. The van der Waals surface area contributed by atoms with Crippen LogP contribution in [0.15, 0.2) is 29.2 Å². The Morgan fingerprint density at radius 2 is 2.05 bits per heavy atom. The molecule has 0 fully saturated rings. The number of nitrogen functional groups attached to an aromatic ring is 1. The van der Waals surface area contributed by atoms with E-state index in [2.05, 4.69) is 9.82 Å². The topological polar surface area (TPSA) is 133 Å². The maximum Gasteiger partial charge on any atom is 0.267 e. The van der Waals surface area contributed by atoms with E-state index in [0.29, 0.717) is 5.69 Å². The lowest BCUT2D eigenvalue weighted by Crippen LogP contribution is -2.16. The van der Waals surface area contributed by atoms with Crippen LogP contribution in [-0.2, 0) is 17.1 Å². The zero-order chi connectivity index (χ0) is 15.8. The highest BCUT2D eigenvalue weighted by Crippen LogP contribution is 2.24. The van der Waals surface area contributed by atoms with Crippen LogP contribution < -0.4 is 16.2 Å². The van der Waals surface area contributed by atoms with E-state index >= 15 is 0 Å². The highest BCUT2D eigenvalue weighted by atomic mass is 32.2. The van der Waals surface area contributed by atoms with E-state index in [1.165, 1.54) is 28.9 Å². The van der Waals surface area contributed by atoms with E-state index in [-0.39, 0.29) is 22.0 Å². The molecular weight excluding hydrogens is 294 g/mol. The fourth-order valence-electron chi connectivity index (χ4n) is 1.89. The Labute approximate surface area is 121 Å². The van der Waals surface area contributed by atoms with Gasteiger partial charge in [0.1, 0.15) is 0 Å². The molecule has 2 rings (SSSR count). The number of nitrogens with two attached hydrogens (primary N) is 2. The number of benzene rings is 1. The van der Waals surface area contributed by atoms with Crippen LogP contribution >= 0.6 is 0 Å². The maximum atomic E-state index is 12.4. The molecule has 0 saturated heterocycles. The fourth-order valence-corrected chi connectivity index (χ4v) is 3.27. The number of hydrogen-bond donors (Lipinski definition) is 3. The molecule has 2 aromatic rings. The van der Waals surface area contributed by atoms with Crippen LogP contribution in [-0.4, -0.2) is 24.1 Å². The largest absolute Gasteiger partial charge is 0.381 e. The zero-order valence-corrected chi connectivity index (χ0v) is 12.3. The summed E-state index contributed by atoms with van der Waals surface area (Å²) in [5.41, 5.74) is 11.6. The first-order chi connectivity index (χ1) is 9.72. The Balaban J connectivity index is 2.42. The van der Waals surface area contributed by atoms with Gasteiger partial charge < -0.3 is 11.5 Å². The van der Waals surface area contributed by atoms with Gasteiger partial charge in [-0.2, -0.15) is 5.10 Å². The summed E-state index contributed by atoms with van der Waals surface area (Å²) < 4.78 is 28.5. The lowest BCUT2D eigenvalue weighted by molar-refractivity contribution is 0.100. The van der Waals surface area contributed by atoms with Gasteiger partial charge in [0, 0.05) is 18.3 Å². The second kappa shape index (κ2) is 5.09. The normalized spacial score (nSPS) is 11.3. The van der Waals surface area contributed by atoms with Crippen molar-refractivity contribution in [1.82, 2.24) is 9.78 Å². The third kappa shape index (κ3) is 2.82. The smallest absolute Gasteiger partial charge is 0.267 e. The molecule has 1 heterocycles. The van der Waals surface area contributed by atoms with Crippen molar-refractivity contribution in [3.8, 4) is 0 Å².